The number of amides is 1. The number of rotatable bonds is 8. The van der Waals surface area contributed by atoms with Crippen molar-refractivity contribution in [3.8, 4) is 0 Å². The summed E-state index contributed by atoms with van der Waals surface area (Å²) in [5, 5.41) is 7.22. The van der Waals surface area contributed by atoms with Crippen LogP contribution in [0.2, 0.25) is 0 Å². The molecule has 1 saturated heterocycles. The van der Waals surface area contributed by atoms with Crippen molar-refractivity contribution in [1.29, 1.82) is 0 Å². The summed E-state index contributed by atoms with van der Waals surface area (Å²) in [6.45, 7) is 10.5. The Kier molecular flexibility index (Phi) is 7.23. The second-order valence-electron chi connectivity index (χ2n) is 7.68. The first-order valence-electron chi connectivity index (χ1n) is 10.3. The molecule has 6 nitrogen and oxygen atoms in total. The van der Waals surface area contributed by atoms with Gasteiger partial charge >= 0.3 is 0 Å². The van der Waals surface area contributed by atoms with Gasteiger partial charge in [0.15, 0.2) is 5.76 Å². The lowest BCUT2D eigenvalue weighted by Gasteiger charge is -2.37. The number of carbonyl (C=O) groups is 1. The van der Waals surface area contributed by atoms with Gasteiger partial charge in [0.1, 0.15) is 0 Å². The SMILES string of the molecule is CCC[C@H](NC(=O)[C@@H](C)N1CCN(Cc2cc(C)no2)CC1)c1ccccc1. The molecular weight excluding hydrogens is 352 g/mol. The predicted molar refractivity (Wildman–Crippen MR) is 110 cm³/mol. The lowest BCUT2D eigenvalue weighted by atomic mass is 10.0. The predicted octanol–water partition coefficient (Wildman–Crippen LogP) is 3.15. The molecular formula is C22H32N4O2. The molecule has 3 rings (SSSR count). The maximum atomic E-state index is 12.9. The number of benzene rings is 1. The summed E-state index contributed by atoms with van der Waals surface area (Å²) in [6, 6.07) is 12.2. The van der Waals surface area contributed by atoms with Crippen LogP contribution >= 0.6 is 0 Å². The highest BCUT2D eigenvalue weighted by atomic mass is 16.5. The van der Waals surface area contributed by atoms with Gasteiger partial charge in [-0.15, -0.1) is 0 Å². The van der Waals surface area contributed by atoms with Crippen LogP contribution in [-0.2, 0) is 11.3 Å². The van der Waals surface area contributed by atoms with Crippen molar-refractivity contribution in [2.75, 3.05) is 26.2 Å². The second kappa shape index (κ2) is 9.85. The number of hydrogen-bond acceptors (Lipinski definition) is 5. The van der Waals surface area contributed by atoms with Crippen molar-refractivity contribution in [2.45, 2.75) is 52.2 Å². The van der Waals surface area contributed by atoms with Gasteiger partial charge in [-0.1, -0.05) is 48.8 Å². The third-order valence-corrected chi connectivity index (χ3v) is 5.49. The van der Waals surface area contributed by atoms with Crippen LogP contribution in [0.25, 0.3) is 0 Å². The third kappa shape index (κ3) is 5.42. The molecule has 2 aromatic rings. The van der Waals surface area contributed by atoms with E-state index in [1.807, 2.05) is 38.1 Å². The Labute approximate surface area is 167 Å². The summed E-state index contributed by atoms with van der Waals surface area (Å²) >= 11 is 0. The molecule has 0 radical (unpaired) electrons. The summed E-state index contributed by atoms with van der Waals surface area (Å²) in [6.07, 6.45) is 1.99. The first-order valence-corrected chi connectivity index (χ1v) is 10.3. The Morgan fingerprint density at radius 3 is 2.54 bits per heavy atom. The summed E-state index contributed by atoms with van der Waals surface area (Å²) in [5.74, 6) is 1.02. The minimum atomic E-state index is -0.127. The van der Waals surface area contributed by atoms with Gasteiger partial charge in [0.2, 0.25) is 5.91 Å². The van der Waals surface area contributed by atoms with E-state index < -0.39 is 0 Å². The fourth-order valence-electron chi connectivity index (χ4n) is 3.77. The highest BCUT2D eigenvalue weighted by molar-refractivity contribution is 5.81. The maximum absolute atomic E-state index is 12.9. The lowest BCUT2D eigenvalue weighted by molar-refractivity contribution is -0.127. The van der Waals surface area contributed by atoms with Crippen LogP contribution in [0, 0.1) is 6.92 Å². The standard InChI is InChI=1S/C22H32N4O2/c1-4-8-21(19-9-6-5-7-10-19)23-22(27)18(3)26-13-11-25(12-14-26)16-20-15-17(2)24-28-20/h5-7,9-10,15,18,21H,4,8,11-14,16H2,1-3H3,(H,23,27)/t18-,21+/m1/s1. The Balaban J connectivity index is 1.50. The van der Waals surface area contributed by atoms with Gasteiger partial charge in [-0.2, -0.15) is 0 Å². The molecule has 1 aromatic heterocycles. The van der Waals surface area contributed by atoms with Crippen LogP contribution in [0.3, 0.4) is 0 Å². The fraction of sp³-hybridized carbons (Fsp3) is 0.545. The van der Waals surface area contributed by atoms with Gasteiger partial charge in [0, 0.05) is 32.2 Å². The van der Waals surface area contributed by atoms with E-state index in [-0.39, 0.29) is 18.0 Å². The molecule has 1 fully saturated rings. The maximum Gasteiger partial charge on any atom is 0.237 e. The molecule has 1 aliphatic heterocycles. The van der Waals surface area contributed by atoms with Crippen LogP contribution in [-0.4, -0.2) is 53.1 Å². The zero-order chi connectivity index (χ0) is 19.9. The molecule has 1 aliphatic rings. The molecule has 0 unspecified atom stereocenters. The van der Waals surface area contributed by atoms with Crippen molar-refractivity contribution < 1.29 is 9.32 Å². The number of nitrogens with one attached hydrogen (secondary N) is 1. The second-order valence-corrected chi connectivity index (χ2v) is 7.68. The van der Waals surface area contributed by atoms with E-state index in [2.05, 4.69) is 39.3 Å². The van der Waals surface area contributed by atoms with Crippen LogP contribution < -0.4 is 5.32 Å². The van der Waals surface area contributed by atoms with E-state index in [1.165, 1.54) is 5.56 Å². The van der Waals surface area contributed by atoms with Gasteiger partial charge in [0.05, 0.1) is 24.3 Å². The molecule has 0 saturated carbocycles. The van der Waals surface area contributed by atoms with E-state index in [9.17, 15) is 4.79 Å². The molecule has 1 N–H and O–H groups in total. The van der Waals surface area contributed by atoms with Crippen molar-refractivity contribution in [3.05, 3.63) is 53.4 Å². The van der Waals surface area contributed by atoms with Crippen LogP contribution in [0.5, 0.6) is 0 Å². The molecule has 0 bridgehead atoms. The van der Waals surface area contributed by atoms with Gasteiger partial charge in [-0.25, -0.2) is 0 Å². The van der Waals surface area contributed by atoms with E-state index >= 15 is 0 Å². The molecule has 1 aromatic carbocycles. The Morgan fingerprint density at radius 1 is 1.21 bits per heavy atom. The highest BCUT2D eigenvalue weighted by Gasteiger charge is 2.27. The number of nitrogens with zero attached hydrogens (tertiary/aromatic N) is 3. The number of carbonyl (C=O) groups excluding carboxylic acids is 1. The third-order valence-electron chi connectivity index (χ3n) is 5.49. The molecule has 2 heterocycles. The van der Waals surface area contributed by atoms with Crippen LogP contribution in [0.1, 0.15) is 49.7 Å². The molecule has 6 heteroatoms. The van der Waals surface area contributed by atoms with Crippen molar-refractivity contribution in [3.63, 3.8) is 0 Å². The minimum Gasteiger partial charge on any atom is -0.360 e. The molecule has 2 atom stereocenters. The number of aryl methyl sites for hydroxylation is 1. The Hall–Kier alpha value is -2.18. The van der Waals surface area contributed by atoms with Crippen LogP contribution in [0.15, 0.2) is 40.9 Å². The van der Waals surface area contributed by atoms with E-state index in [4.69, 9.17) is 4.52 Å². The van der Waals surface area contributed by atoms with E-state index in [0.717, 1.165) is 57.0 Å². The Morgan fingerprint density at radius 2 is 1.93 bits per heavy atom. The first kappa shape index (κ1) is 20.6. The van der Waals surface area contributed by atoms with E-state index in [0.29, 0.717) is 0 Å². The molecule has 0 aliphatic carbocycles. The smallest absolute Gasteiger partial charge is 0.237 e. The first-order chi connectivity index (χ1) is 13.6. The van der Waals surface area contributed by atoms with Gasteiger partial charge in [0.25, 0.3) is 0 Å². The lowest BCUT2D eigenvalue weighted by Crippen LogP contribution is -2.53. The van der Waals surface area contributed by atoms with Crippen molar-refractivity contribution >= 4 is 5.91 Å². The molecule has 1 amide bonds. The zero-order valence-corrected chi connectivity index (χ0v) is 17.2. The summed E-state index contributed by atoms with van der Waals surface area (Å²) in [4.78, 5) is 17.5. The van der Waals surface area contributed by atoms with Crippen molar-refractivity contribution in [2.24, 2.45) is 0 Å². The van der Waals surface area contributed by atoms with Gasteiger partial charge in [-0.3, -0.25) is 14.6 Å². The van der Waals surface area contributed by atoms with E-state index in [1.54, 1.807) is 0 Å². The monoisotopic (exact) mass is 384 g/mol. The molecule has 28 heavy (non-hydrogen) atoms. The summed E-state index contributed by atoms with van der Waals surface area (Å²) < 4.78 is 5.32. The number of aromatic nitrogens is 1. The number of piperazine rings is 1. The minimum absolute atomic E-state index is 0.0807. The zero-order valence-electron chi connectivity index (χ0n) is 17.2. The van der Waals surface area contributed by atoms with Gasteiger partial charge < -0.3 is 9.84 Å². The largest absolute Gasteiger partial charge is 0.360 e. The fourth-order valence-corrected chi connectivity index (χ4v) is 3.77. The average molecular weight is 385 g/mol. The summed E-state index contributed by atoms with van der Waals surface area (Å²) in [7, 11) is 0. The topological polar surface area (TPSA) is 61.6 Å². The quantitative estimate of drug-likeness (QED) is 0.758. The van der Waals surface area contributed by atoms with Crippen LogP contribution in [0.4, 0.5) is 0 Å². The molecule has 152 valence electrons. The van der Waals surface area contributed by atoms with Crippen molar-refractivity contribution in [1.82, 2.24) is 20.3 Å². The number of hydrogen-bond donors (Lipinski definition) is 1. The Bertz CT molecular complexity index is 738. The normalized spacial score (nSPS) is 18.0. The average Bonchev–Trinajstić information content (AvgIpc) is 3.13. The summed E-state index contributed by atoms with van der Waals surface area (Å²) in [5.41, 5.74) is 2.09. The molecule has 0 spiro atoms. The van der Waals surface area contributed by atoms with Gasteiger partial charge in [-0.05, 0) is 25.8 Å². The highest BCUT2D eigenvalue weighted by Crippen LogP contribution is 2.19.